The third-order valence-corrected chi connectivity index (χ3v) is 3.13. The number of benzene rings is 1. The van der Waals surface area contributed by atoms with Gasteiger partial charge in [-0.05, 0) is 40.2 Å². The molecule has 5 nitrogen and oxygen atoms in total. The number of nitrogens with one attached hydrogen (secondary N) is 1. The van der Waals surface area contributed by atoms with Crippen LogP contribution in [0.25, 0.3) is 0 Å². The van der Waals surface area contributed by atoms with Crippen LogP contribution in [0.1, 0.15) is 40.2 Å². The molecule has 1 N–H and O–H groups in total. The maximum atomic E-state index is 12.2. The predicted molar refractivity (Wildman–Crippen MR) is 86.4 cm³/mol. The highest BCUT2D eigenvalue weighted by Crippen LogP contribution is 2.12. The van der Waals surface area contributed by atoms with Gasteiger partial charge in [0.25, 0.3) is 0 Å². The highest BCUT2D eigenvalue weighted by Gasteiger charge is 2.28. The van der Waals surface area contributed by atoms with Crippen molar-refractivity contribution in [2.75, 3.05) is 6.54 Å². The average Bonchev–Trinajstić information content (AvgIpc) is 2.44. The fraction of sp³-hybridized carbons (Fsp3) is 0.529. The van der Waals surface area contributed by atoms with Gasteiger partial charge in [-0.3, -0.25) is 9.69 Å². The van der Waals surface area contributed by atoms with Crippen LogP contribution in [0.4, 0.5) is 4.79 Å². The molecular weight excluding hydrogens is 280 g/mol. The minimum absolute atomic E-state index is 0.198. The number of hydrogen-bond acceptors (Lipinski definition) is 3. The number of hydrogen-bond donors (Lipinski definition) is 1. The molecule has 1 aromatic rings. The summed E-state index contributed by atoms with van der Waals surface area (Å²) in [7, 11) is 0. The second kappa shape index (κ2) is 7.82. The van der Waals surface area contributed by atoms with Crippen LogP contribution in [-0.2, 0) is 16.1 Å². The molecule has 0 saturated carbocycles. The first kappa shape index (κ1) is 18.0. The number of likely N-dealkylation sites (N-methyl/N-ethyl adjacent to an activating group) is 1. The molecule has 0 unspecified atom stereocenters. The lowest BCUT2D eigenvalue weighted by Crippen LogP contribution is -2.49. The maximum Gasteiger partial charge on any atom is 0.410 e. The Kier molecular flexibility index (Phi) is 6.40. The summed E-state index contributed by atoms with van der Waals surface area (Å²) in [5, 5.41) is 2.84. The van der Waals surface area contributed by atoms with Crippen molar-refractivity contribution < 1.29 is 14.3 Å². The van der Waals surface area contributed by atoms with Crippen molar-refractivity contribution in [3.63, 3.8) is 0 Å². The van der Waals surface area contributed by atoms with Gasteiger partial charge in [0.05, 0.1) is 0 Å². The summed E-state index contributed by atoms with van der Waals surface area (Å²) in [5.74, 6) is -0.198. The molecule has 1 atom stereocenters. The summed E-state index contributed by atoms with van der Waals surface area (Å²) in [4.78, 5) is 25.8. The molecular formula is C17H26N2O3. The zero-order valence-electron chi connectivity index (χ0n) is 14.1. The Morgan fingerprint density at radius 2 is 1.82 bits per heavy atom. The van der Waals surface area contributed by atoms with Crippen molar-refractivity contribution in [1.82, 2.24) is 10.2 Å². The van der Waals surface area contributed by atoms with E-state index < -0.39 is 17.7 Å². The van der Waals surface area contributed by atoms with E-state index in [0.717, 1.165) is 5.56 Å². The third kappa shape index (κ3) is 5.76. The second-order valence-electron chi connectivity index (χ2n) is 6.15. The van der Waals surface area contributed by atoms with Gasteiger partial charge in [0.2, 0.25) is 5.91 Å². The fourth-order valence-electron chi connectivity index (χ4n) is 1.96. The molecule has 0 aliphatic carbocycles. The first-order valence-electron chi connectivity index (χ1n) is 7.56. The Balaban J connectivity index is 2.60. The van der Waals surface area contributed by atoms with Gasteiger partial charge in [-0.2, -0.15) is 0 Å². The van der Waals surface area contributed by atoms with Crippen molar-refractivity contribution in [1.29, 1.82) is 0 Å². The van der Waals surface area contributed by atoms with E-state index in [1.165, 1.54) is 4.90 Å². The minimum Gasteiger partial charge on any atom is -0.444 e. The van der Waals surface area contributed by atoms with E-state index >= 15 is 0 Å². The molecule has 0 spiro atoms. The first-order chi connectivity index (χ1) is 10.2. The highest BCUT2D eigenvalue weighted by molar-refractivity contribution is 5.85. The number of ether oxygens (including phenoxy) is 1. The van der Waals surface area contributed by atoms with Crippen molar-refractivity contribution in [2.45, 2.75) is 52.8 Å². The lowest BCUT2D eigenvalue weighted by Gasteiger charge is -2.30. The lowest BCUT2D eigenvalue weighted by molar-refractivity contribution is -0.126. The Bertz CT molecular complexity index is 494. The standard InChI is InChI=1S/C17H26N2O3/c1-6-19(16(21)22-17(3,4)5)13(2)15(20)18-12-14-10-8-7-9-11-14/h7-11,13H,6,12H2,1-5H3,(H,18,20)/t13-/m1/s1. The van der Waals surface area contributed by atoms with Crippen LogP contribution < -0.4 is 5.32 Å². The van der Waals surface area contributed by atoms with E-state index in [1.54, 1.807) is 27.7 Å². The predicted octanol–water partition coefficient (Wildman–Crippen LogP) is 2.95. The van der Waals surface area contributed by atoms with Crippen LogP contribution >= 0.6 is 0 Å². The lowest BCUT2D eigenvalue weighted by atomic mass is 10.2. The van der Waals surface area contributed by atoms with E-state index in [1.807, 2.05) is 37.3 Å². The van der Waals surface area contributed by atoms with Crippen LogP contribution in [-0.4, -0.2) is 35.1 Å². The molecule has 1 aromatic carbocycles. The summed E-state index contributed by atoms with van der Waals surface area (Å²) < 4.78 is 5.33. The molecule has 0 bridgehead atoms. The molecule has 122 valence electrons. The van der Waals surface area contributed by atoms with Gasteiger partial charge >= 0.3 is 6.09 Å². The third-order valence-electron chi connectivity index (χ3n) is 3.13. The monoisotopic (exact) mass is 306 g/mol. The van der Waals surface area contributed by atoms with E-state index in [-0.39, 0.29) is 5.91 Å². The number of rotatable bonds is 5. The Hall–Kier alpha value is -2.04. The van der Waals surface area contributed by atoms with Gasteiger partial charge in [-0.25, -0.2) is 4.79 Å². The molecule has 0 aliphatic rings. The topological polar surface area (TPSA) is 58.6 Å². The van der Waals surface area contributed by atoms with E-state index in [0.29, 0.717) is 13.1 Å². The fourth-order valence-corrected chi connectivity index (χ4v) is 1.96. The molecule has 0 radical (unpaired) electrons. The van der Waals surface area contributed by atoms with Crippen LogP contribution in [0.5, 0.6) is 0 Å². The summed E-state index contributed by atoms with van der Waals surface area (Å²) >= 11 is 0. The average molecular weight is 306 g/mol. The van der Waals surface area contributed by atoms with Gasteiger partial charge in [0.15, 0.2) is 0 Å². The minimum atomic E-state index is -0.580. The number of nitrogens with zero attached hydrogens (tertiary/aromatic N) is 1. The molecule has 0 fully saturated rings. The van der Waals surface area contributed by atoms with Crippen LogP contribution in [0.2, 0.25) is 0 Å². The van der Waals surface area contributed by atoms with Gasteiger partial charge in [0.1, 0.15) is 11.6 Å². The maximum absolute atomic E-state index is 12.2. The Morgan fingerprint density at radius 3 is 2.32 bits per heavy atom. The highest BCUT2D eigenvalue weighted by atomic mass is 16.6. The van der Waals surface area contributed by atoms with E-state index in [4.69, 9.17) is 4.74 Å². The quantitative estimate of drug-likeness (QED) is 0.910. The molecule has 0 heterocycles. The van der Waals surface area contributed by atoms with Gasteiger partial charge in [-0.1, -0.05) is 30.3 Å². The largest absolute Gasteiger partial charge is 0.444 e. The summed E-state index contributed by atoms with van der Waals surface area (Å²) in [6.45, 7) is 9.79. The van der Waals surface area contributed by atoms with E-state index in [9.17, 15) is 9.59 Å². The van der Waals surface area contributed by atoms with Crippen molar-refractivity contribution in [2.24, 2.45) is 0 Å². The zero-order valence-corrected chi connectivity index (χ0v) is 14.1. The normalized spacial score (nSPS) is 12.4. The molecule has 5 heteroatoms. The summed E-state index contributed by atoms with van der Waals surface area (Å²) in [6, 6.07) is 9.07. The van der Waals surface area contributed by atoms with Crippen LogP contribution in [0, 0.1) is 0 Å². The summed E-state index contributed by atoms with van der Waals surface area (Å²) in [5.41, 5.74) is 0.438. The van der Waals surface area contributed by atoms with E-state index in [2.05, 4.69) is 5.32 Å². The first-order valence-corrected chi connectivity index (χ1v) is 7.56. The second-order valence-corrected chi connectivity index (χ2v) is 6.15. The van der Waals surface area contributed by atoms with Crippen LogP contribution in [0.3, 0.4) is 0 Å². The SMILES string of the molecule is CCN(C(=O)OC(C)(C)C)[C@H](C)C(=O)NCc1ccccc1. The van der Waals surface area contributed by atoms with Gasteiger partial charge in [-0.15, -0.1) is 0 Å². The number of amides is 2. The zero-order chi connectivity index (χ0) is 16.8. The smallest absolute Gasteiger partial charge is 0.410 e. The molecule has 2 amide bonds. The molecule has 1 rings (SSSR count). The van der Waals surface area contributed by atoms with Gasteiger partial charge in [0, 0.05) is 13.1 Å². The van der Waals surface area contributed by atoms with Crippen molar-refractivity contribution in [3.8, 4) is 0 Å². The number of carbonyl (C=O) groups excluding carboxylic acids is 2. The van der Waals surface area contributed by atoms with Crippen LogP contribution in [0.15, 0.2) is 30.3 Å². The molecule has 0 aliphatic heterocycles. The van der Waals surface area contributed by atoms with Crippen molar-refractivity contribution in [3.05, 3.63) is 35.9 Å². The van der Waals surface area contributed by atoms with Crippen molar-refractivity contribution >= 4 is 12.0 Å². The molecule has 0 saturated heterocycles. The summed E-state index contributed by atoms with van der Waals surface area (Å²) in [6.07, 6.45) is -0.475. The van der Waals surface area contributed by atoms with Gasteiger partial charge < -0.3 is 10.1 Å². The Morgan fingerprint density at radius 1 is 1.23 bits per heavy atom. The molecule has 0 aromatic heterocycles. The Labute approximate surface area is 132 Å². The number of carbonyl (C=O) groups is 2. The molecule has 22 heavy (non-hydrogen) atoms.